The molecule has 26 heavy (non-hydrogen) atoms. The fraction of sp³-hybridized carbons (Fsp3) is 0.450. The van der Waals surface area contributed by atoms with E-state index in [9.17, 15) is 0 Å². The molecule has 0 N–H and O–H groups in total. The highest BCUT2D eigenvalue weighted by atomic mass is 16.5. The highest BCUT2D eigenvalue weighted by Gasteiger charge is 2.22. The molecule has 4 rings (SSSR count). The quantitative estimate of drug-likeness (QED) is 0.720. The summed E-state index contributed by atoms with van der Waals surface area (Å²) in [7, 11) is 1.97. The van der Waals surface area contributed by atoms with Gasteiger partial charge in [0.2, 0.25) is 0 Å². The molecule has 0 unspecified atom stereocenters. The number of hydrogen-bond acceptors (Lipinski definition) is 5. The average Bonchev–Trinajstić information content (AvgIpc) is 3.20. The second-order valence-corrected chi connectivity index (χ2v) is 7.20. The molecular weight excluding hydrogens is 326 g/mol. The van der Waals surface area contributed by atoms with Crippen LogP contribution in [-0.4, -0.2) is 37.9 Å². The molecule has 0 aromatic carbocycles. The van der Waals surface area contributed by atoms with E-state index in [4.69, 9.17) is 4.52 Å². The van der Waals surface area contributed by atoms with Gasteiger partial charge in [-0.25, -0.2) is 0 Å². The monoisotopic (exact) mass is 351 g/mol. The molecule has 136 valence electrons. The van der Waals surface area contributed by atoms with E-state index in [1.807, 2.05) is 38.0 Å². The highest BCUT2D eigenvalue weighted by molar-refractivity contribution is 5.64. The average molecular weight is 351 g/mol. The first-order chi connectivity index (χ1) is 12.6. The zero-order valence-corrected chi connectivity index (χ0v) is 15.6. The number of pyridine rings is 1. The van der Waals surface area contributed by atoms with Crippen LogP contribution in [0.2, 0.25) is 0 Å². The van der Waals surface area contributed by atoms with Crippen LogP contribution in [0.4, 0.5) is 0 Å². The Bertz CT molecular complexity index is 870. The number of piperidine rings is 1. The molecule has 6 nitrogen and oxygen atoms in total. The minimum absolute atomic E-state index is 0.581. The minimum atomic E-state index is 0.581. The van der Waals surface area contributed by atoms with Gasteiger partial charge in [0.05, 0.1) is 22.6 Å². The van der Waals surface area contributed by atoms with Crippen LogP contribution in [-0.2, 0) is 13.6 Å². The molecule has 0 amide bonds. The summed E-state index contributed by atoms with van der Waals surface area (Å²) in [6.07, 6.45) is 6.25. The lowest BCUT2D eigenvalue weighted by Gasteiger charge is -2.31. The van der Waals surface area contributed by atoms with E-state index in [1.165, 1.54) is 5.56 Å². The Hall–Kier alpha value is -2.47. The van der Waals surface area contributed by atoms with Gasteiger partial charge < -0.3 is 4.52 Å². The van der Waals surface area contributed by atoms with Crippen LogP contribution in [0, 0.1) is 13.8 Å². The van der Waals surface area contributed by atoms with Crippen molar-refractivity contribution in [3.8, 4) is 11.3 Å². The number of hydrogen-bond donors (Lipinski definition) is 0. The summed E-state index contributed by atoms with van der Waals surface area (Å²) in [5, 5.41) is 8.55. The van der Waals surface area contributed by atoms with E-state index in [1.54, 1.807) is 0 Å². The van der Waals surface area contributed by atoms with E-state index in [2.05, 4.69) is 38.3 Å². The van der Waals surface area contributed by atoms with E-state index in [0.717, 1.165) is 60.9 Å². The van der Waals surface area contributed by atoms with Crippen molar-refractivity contribution in [3.05, 3.63) is 53.3 Å². The van der Waals surface area contributed by atoms with Crippen molar-refractivity contribution >= 4 is 0 Å². The summed E-state index contributed by atoms with van der Waals surface area (Å²) in [6, 6.07) is 6.47. The molecule has 1 fully saturated rings. The van der Waals surface area contributed by atoms with Crippen molar-refractivity contribution in [3.63, 3.8) is 0 Å². The maximum Gasteiger partial charge on any atom is 0.143 e. The number of likely N-dealkylation sites (tertiary alicyclic amines) is 1. The summed E-state index contributed by atoms with van der Waals surface area (Å²) in [5.74, 6) is 1.41. The third-order valence-corrected chi connectivity index (χ3v) is 5.29. The van der Waals surface area contributed by atoms with E-state index < -0.39 is 0 Å². The summed E-state index contributed by atoms with van der Waals surface area (Å²) >= 11 is 0. The summed E-state index contributed by atoms with van der Waals surface area (Å²) in [5.41, 5.74) is 5.41. The lowest BCUT2D eigenvalue weighted by Crippen LogP contribution is -2.32. The fourth-order valence-corrected chi connectivity index (χ4v) is 3.89. The second-order valence-electron chi connectivity index (χ2n) is 7.20. The van der Waals surface area contributed by atoms with Gasteiger partial charge in [-0.1, -0.05) is 5.16 Å². The molecule has 4 heterocycles. The molecule has 1 aliphatic rings. The largest absolute Gasteiger partial charge is 0.361 e. The van der Waals surface area contributed by atoms with Crippen LogP contribution < -0.4 is 0 Å². The molecule has 1 saturated heterocycles. The zero-order chi connectivity index (χ0) is 18.1. The normalized spacial score (nSPS) is 16.3. The topological polar surface area (TPSA) is 60.0 Å². The minimum Gasteiger partial charge on any atom is -0.361 e. The van der Waals surface area contributed by atoms with Crippen molar-refractivity contribution in [2.75, 3.05) is 13.1 Å². The Morgan fingerprint density at radius 3 is 2.65 bits per heavy atom. The van der Waals surface area contributed by atoms with Gasteiger partial charge in [-0.2, -0.15) is 5.10 Å². The zero-order valence-electron chi connectivity index (χ0n) is 15.6. The van der Waals surface area contributed by atoms with Gasteiger partial charge in [0, 0.05) is 26.0 Å². The molecule has 0 saturated carbocycles. The van der Waals surface area contributed by atoms with Crippen LogP contribution in [0.1, 0.15) is 41.5 Å². The van der Waals surface area contributed by atoms with Crippen LogP contribution in [0.3, 0.4) is 0 Å². The van der Waals surface area contributed by atoms with Gasteiger partial charge in [0.15, 0.2) is 0 Å². The Balaban J connectivity index is 1.44. The van der Waals surface area contributed by atoms with Crippen LogP contribution in [0.5, 0.6) is 0 Å². The lowest BCUT2D eigenvalue weighted by molar-refractivity contribution is 0.202. The van der Waals surface area contributed by atoms with Gasteiger partial charge in [-0.15, -0.1) is 0 Å². The first kappa shape index (κ1) is 17.0. The van der Waals surface area contributed by atoms with E-state index >= 15 is 0 Å². The molecular formula is C20H25N5O. The van der Waals surface area contributed by atoms with Gasteiger partial charge in [-0.3, -0.25) is 14.6 Å². The van der Waals surface area contributed by atoms with Crippen molar-refractivity contribution in [1.29, 1.82) is 0 Å². The van der Waals surface area contributed by atoms with Crippen molar-refractivity contribution < 1.29 is 4.52 Å². The third-order valence-electron chi connectivity index (χ3n) is 5.29. The Kier molecular flexibility index (Phi) is 4.59. The predicted molar refractivity (Wildman–Crippen MR) is 99.7 cm³/mol. The summed E-state index contributed by atoms with van der Waals surface area (Å²) in [4.78, 5) is 7.05. The summed E-state index contributed by atoms with van der Waals surface area (Å²) in [6.45, 7) is 7.05. The maximum absolute atomic E-state index is 5.30. The highest BCUT2D eigenvalue weighted by Crippen LogP contribution is 2.32. The van der Waals surface area contributed by atoms with Crippen molar-refractivity contribution in [2.45, 2.75) is 39.2 Å². The van der Waals surface area contributed by atoms with E-state index in [-0.39, 0.29) is 0 Å². The van der Waals surface area contributed by atoms with Crippen LogP contribution in [0.15, 0.2) is 35.1 Å². The number of nitrogens with zero attached hydrogens (tertiary/aromatic N) is 5. The molecule has 6 heteroatoms. The number of aryl methyl sites for hydroxylation is 3. The third kappa shape index (κ3) is 3.42. The molecule has 1 aliphatic heterocycles. The number of aromatic nitrogens is 4. The Morgan fingerprint density at radius 2 is 2.00 bits per heavy atom. The fourth-order valence-electron chi connectivity index (χ4n) is 3.89. The van der Waals surface area contributed by atoms with Crippen molar-refractivity contribution in [1.82, 2.24) is 24.8 Å². The Labute approximate surface area is 153 Å². The molecule has 3 aromatic rings. The number of rotatable bonds is 4. The molecule has 0 atom stereocenters. The van der Waals surface area contributed by atoms with Crippen LogP contribution in [0.25, 0.3) is 11.3 Å². The van der Waals surface area contributed by atoms with Gasteiger partial charge in [-0.05, 0) is 69.5 Å². The molecule has 0 bridgehead atoms. The summed E-state index contributed by atoms with van der Waals surface area (Å²) < 4.78 is 7.17. The Morgan fingerprint density at radius 1 is 1.19 bits per heavy atom. The molecule has 0 radical (unpaired) electrons. The van der Waals surface area contributed by atoms with Crippen LogP contribution >= 0.6 is 0 Å². The molecule has 0 aliphatic carbocycles. The standard InChI is InChI=1S/C20H25N5O/c1-14-20(15(2)26-23-14)19-12-17(4-8-21-19)16-5-10-25(11-6-16)13-18-7-9-24(3)22-18/h4,7-9,12,16H,5-6,10-11,13H2,1-3H3. The maximum atomic E-state index is 5.30. The molecule has 3 aromatic heterocycles. The smallest absolute Gasteiger partial charge is 0.143 e. The van der Waals surface area contributed by atoms with Gasteiger partial charge >= 0.3 is 0 Å². The SMILES string of the molecule is Cc1noc(C)c1-c1cc(C2CCN(Cc3ccn(C)n3)CC2)ccn1. The second kappa shape index (κ2) is 7.03. The van der Waals surface area contributed by atoms with Crippen molar-refractivity contribution in [2.24, 2.45) is 7.05 Å². The van der Waals surface area contributed by atoms with Gasteiger partial charge in [0.1, 0.15) is 5.76 Å². The van der Waals surface area contributed by atoms with E-state index in [0.29, 0.717) is 5.92 Å². The first-order valence-electron chi connectivity index (χ1n) is 9.20. The van der Waals surface area contributed by atoms with Gasteiger partial charge in [0.25, 0.3) is 0 Å². The lowest BCUT2D eigenvalue weighted by atomic mass is 9.89. The molecule has 0 spiro atoms. The first-order valence-corrected chi connectivity index (χ1v) is 9.20. The predicted octanol–water partition coefficient (Wildman–Crippen LogP) is 3.47.